The molecule has 1 aliphatic rings. The van der Waals surface area contributed by atoms with Crippen LogP contribution in [-0.4, -0.2) is 14.1 Å². The number of fused-ring (bicyclic) bond motifs is 5. The van der Waals surface area contributed by atoms with Crippen molar-refractivity contribution in [1.29, 1.82) is 0 Å². The van der Waals surface area contributed by atoms with Crippen molar-refractivity contribution in [3.05, 3.63) is 222 Å². The first-order valence-corrected chi connectivity index (χ1v) is 26.6. The van der Waals surface area contributed by atoms with Gasteiger partial charge in [0.1, 0.15) is 5.82 Å². The van der Waals surface area contributed by atoms with E-state index in [4.69, 9.17) is 30.3 Å². The molecule has 0 N–H and O–H groups in total. The molecule has 5 nitrogen and oxygen atoms in total. The summed E-state index contributed by atoms with van der Waals surface area (Å²) < 4.78 is 177. The molecule has 1 aliphatic carbocycles. The number of ether oxygens (including phenoxy) is 1. The average Bonchev–Trinajstić information content (AvgIpc) is 1.49. The maximum absolute atomic E-state index is 10.4. The standard InChI is InChI=1S/C74H72N4O.Pt/c1-47-37-60(50-19-17-20-53(39-50)71(5,6)7)69(61(38-47)51-27-33-62-63(40-51)74(13,14)45-73(62,11)12)77-46-76(67-41-49(28-34-65(67)77)48-25-29-52(30-26-48)70(2,3)4)55-21-18-22-56(43-55)79-57-31-32-59-58-23-15-16-24-64(58)78(66(59)44-57)68-42-54(35-36-75-68)72(8,9)10;/h15-42H,45H2,1-14H3;/q-2;/i1D3,11D3,12D3,13D3,14D3,27D,33D,40D;. The average molecular weight is 1250 g/mol. The number of imidazole rings is 1. The molecule has 11 aromatic rings. The van der Waals surface area contributed by atoms with Gasteiger partial charge in [0, 0.05) is 64.8 Å². The van der Waals surface area contributed by atoms with Gasteiger partial charge in [-0.2, -0.15) is 18.2 Å². The fourth-order valence-electron chi connectivity index (χ4n) is 10.9. The summed E-state index contributed by atoms with van der Waals surface area (Å²) in [6.45, 7) is 0.766. The summed E-state index contributed by atoms with van der Waals surface area (Å²) in [6, 6.07) is 48.8. The molecule has 0 amide bonds. The van der Waals surface area contributed by atoms with Crippen LogP contribution in [0.25, 0.3) is 83.4 Å². The van der Waals surface area contributed by atoms with Crippen LogP contribution in [0, 0.1) is 25.3 Å². The van der Waals surface area contributed by atoms with E-state index in [0.717, 1.165) is 49.6 Å². The molecule has 406 valence electrons. The Morgan fingerprint density at radius 2 is 1.27 bits per heavy atom. The zero-order valence-corrected chi connectivity index (χ0v) is 48.4. The summed E-state index contributed by atoms with van der Waals surface area (Å²) in [7, 11) is 0. The van der Waals surface area contributed by atoms with E-state index in [9.17, 15) is 4.11 Å². The number of rotatable bonds is 8. The van der Waals surface area contributed by atoms with Crippen molar-refractivity contribution in [3.8, 4) is 62.1 Å². The molecular formula is C74H72N4OPt-2. The van der Waals surface area contributed by atoms with Gasteiger partial charge in [-0.3, -0.25) is 4.57 Å². The Labute approximate surface area is 513 Å². The number of para-hydroxylation sites is 1. The van der Waals surface area contributed by atoms with Crippen molar-refractivity contribution in [2.75, 3.05) is 0 Å². The minimum atomic E-state index is -3.79. The molecule has 0 radical (unpaired) electrons. The number of hydrogen-bond acceptors (Lipinski definition) is 2. The molecule has 0 aliphatic heterocycles. The number of aromatic nitrogens is 4. The summed E-state index contributed by atoms with van der Waals surface area (Å²) >= 11 is 0. The second-order valence-corrected chi connectivity index (χ2v) is 24.1. The quantitative estimate of drug-likeness (QED) is 0.112. The van der Waals surface area contributed by atoms with Crippen LogP contribution in [0.4, 0.5) is 0 Å². The number of pyridine rings is 1. The molecule has 0 spiro atoms. The monoisotopic (exact) mass is 1250 g/mol. The maximum Gasteiger partial charge on any atom is 0.268 e. The Morgan fingerprint density at radius 1 is 0.588 bits per heavy atom. The molecule has 80 heavy (non-hydrogen) atoms. The van der Waals surface area contributed by atoms with Crippen LogP contribution in [0.5, 0.6) is 11.5 Å². The van der Waals surface area contributed by atoms with E-state index in [0.29, 0.717) is 33.9 Å². The SMILES string of the molecule is [2H]c1c([2H])c2c(c([2H])c1-c1cc(C([2H])([2H])[2H])cc(-c3cccc(C(C)(C)C)c3)c1-[n+]1[c-]n(-c3[c-]c(Oc4[c-]c5c(cc4)c4ccccc4n5-c4cc(C(C)(C)C)ccn4)ccc3)c3cc(-c4ccc(C(C)(C)C)cc4)ccc31)C(C([2H])([2H])[2H])(C([2H])([2H])[2H])CC2(C([2H])([2H])[2H])C([2H])([2H])[2H].[Pt]. The van der Waals surface area contributed by atoms with Gasteiger partial charge in [-0.25, -0.2) is 4.98 Å². The summed E-state index contributed by atoms with van der Waals surface area (Å²) in [5.74, 6) is 1.32. The smallest absolute Gasteiger partial charge is 0.268 e. The molecular weight excluding hydrogens is 1160 g/mol. The second kappa shape index (κ2) is 19.7. The van der Waals surface area contributed by atoms with Crippen LogP contribution in [0.1, 0.15) is 154 Å². The minimum Gasteiger partial charge on any atom is -0.510 e. The van der Waals surface area contributed by atoms with Gasteiger partial charge in [0.05, 0.1) is 20.8 Å². The minimum absolute atomic E-state index is 0. The van der Waals surface area contributed by atoms with Crippen molar-refractivity contribution in [2.24, 2.45) is 0 Å². The van der Waals surface area contributed by atoms with Gasteiger partial charge >= 0.3 is 0 Å². The molecule has 3 aromatic heterocycles. The van der Waals surface area contributed by atoms with Crippen molar-refractivity contribution in [1.82, 2.24) is 14.1 Å². The zero-order valence-electron chi connectivity index (χ0n) is 64.2. The molecule has 12 rings (SSSR count). The third-order valence-corrected chi connectivity index (χ3v) is 15.2. The Hall–Kier alpha value is -7.33. The molecule has 0 fully saturated rings. The van der Waals surface area contributed by atoms with Crippen LogP contribution in [0.3, 0.4) is 0 Å². The van der Waals surface area contributed by atoms with Gasteiger partial charge in [-0.05, 0) is 137 Å². The number of benzene rings is 8. The van der Waals surface area contributed by atoms with Gasteiger partial charge in [0.25, 0.3) is 6.33 Å². The Balaban J connectivity index is 0.00000972. The second-order valence-electron chi connectivity index (χ2n) is 24.1. The molecule has 0 saturated heterocycles. The number of aryl methyl sites for hydroxylation is 1. The maximum atomic E-state index is 10.4. The van der Waals surface area contributed by atoms with Crippen LogP contribution in [-0.2, 0) is 48.1 Å². The van der Waals surface area contributed by atoms with E-state index < -0.39 is 91.7 Å². The van der Waals surface area contributed by atoms with Crippen LogP contribution in [0.15, 0.2) is 170 Å². The first kappa shape index (κ1) is 36.8. The van der Waals surface area contributed by atoms with E-state index in [1.807, 2.05) is 99.6 Å². The predicted octanol–water partition coefficient (Wildman–Crippen LogP) is 18.8. The molecule has 0 saturated carbocycles. The van der Waals surface area contributed by atoms with Crippen molar-refractivity contribution < 1.29 is 55.0 Å². The summed E-state index contributed by atoms with van der Waals surface area (Å²) in [6.07, 6.45) is 3.73. The van der Waals surface area contributed by atoms with E-state index in [2.05, 4.69) is 88.8 Å². The first-order chi connectivity index (χ1) is 44.9. The van der Waals surface area contributed by atoms with E-state index in [1.165, 1.54) is 12.1 Å². The Kier molecular flexibility index (Phi) is 9.09. The summed E-state index contributed by atoms with van der Waals surface area (Å²) in [5, 5.41) is 1.91. The zero-order chi connectivity index (χ0) is 70.7. The number of nitrogens with zero attached hydrogens (tertiary/aromatic N) is 4. The topological polar surface area (TPSA) is 35.9 Å². The summed E-state index contributed by atoms with van der Waals surface area (Å²) in [5.41, 5.74) is -3.07. The normalized spacial score (nSPS) is 18.3. The molecule has 6 heteroatoms. The third-order valence-electron chi connectivity index (χ3n) is 15.2. The Morgan fingerprint density at radius 3 is 2.01 bits per heavy atom. The predicted molar refractivity (Wildman–Crippen MR) is 328 cm³/mol. The van der Waals surface area contributed by atoms with Crippen LogP contribution >= 0.6 is 0 Å². The van der Waals surface area contributed by atoms with E-state index in [1.54, 1.807) is 45.7 Å². The molecule has 0 bridgehead atoms. The van der Waals surface area contributed by atoms with Gasteiger partial charge in [0.15, 0.2) is 0 Å². The fraction of sp³-hybridized carbons (Fsp3) is 0.270. The van der Waals surface area contributed by atoms with Crippen molar-refractivity contribution in [2.45, 2.75) is 130 Å². The van der Waals surface area contributed by atoms with Gasteiger partial charge in [-0.15, -0.1) is 29.7 Å². The largest absolute Gasteiger partial charge is 0.510 e. The molecule has 8 aromatic carbocycles. The fourth-order valence-corrected chi connectivity index (χ4v) is 10.9. The van der Waals surface area contributed by atoms with Gasteiger partial charge in [-0.1, -0.05) is 210 Å². The summed E-state index contributed by atoms with van der Waals surface area (Å²) in [4.78, 5) is 4.84. The van der Waals surface area contributed by atoms with E-state index in [-0.39, 0.29) is 60.0 Å². The van der Waals surface area contributed by atoms with Crippen molar-refractivity contribution >= 4 is 32.8 Å². The van der Waals surface area contributed by atoms with Crippen LogP contribution < -0.4 is 9.30 Å². The van der Waals surface area contributed by atoms with Gasteiger partial charge in [0.2, 0.25) is 0 Å². The third kappa shape index (κ3) is 9.84. The van der Waals surface area contributed by atoms with E-state index >= 15 is 0 Å². The van der Waals surface area contributed by atoms with Gasteiger partial charge < -0.3 is 13.9 Å². The molecule has 0 unspecified atom stereocenters. The molecule has 0 atom stereocenters. The number of hydrogen-bond donors (Lipinski definition) is 0. The van der Waals surface area contributed by atoms with Crippen molar-refractivity contribution in [3.63, 3.8) is 0 Å². The van der Waals surface area contributed by atoms with Crippen LogP contribution in [0.2, 0.25) is 0 Å². The Bertz CT molecular complexity index is 4950. The molecule has 3 heterocycles. The first-order valence-electron chi connectivity index (χ1n) is 35.6.